The summed E-state index contributed by atoms with van der Waals surface area (Å²) in [6.07, 6.45) is 0.679. The van der Waals surface area contributed by atoms with E-state index in [1.807, 2.05) is 0 Å². The fourth-order valence-corrected chi connectivity index (χ4v) is 2.48. The molecule has 0 amide bonds. The van der Waals surface area contributed by atoms with Crippen LogP contribution in [0, 0.1) is 11.6 Å². The van der Waals surface area contributed by atoms with Crippen molar-refractivity contribution in [2.75, 3.05) is 0 Å². The van der Waals surface area contributed by atoms with Crippen molar-refractivity contribution in [3.05, 3.63) is 58.6 Å². The maximum atomic E-state index is 13.5. The van der Waals surface area contributed by atoms with E-state index in [4.69, 9.17) is 11.6 Å². The lowest BCUT2D eigenvalue weighted by atomic mass is 10.2. The lowest BCUT2D eigenvalue weighted by Gasteiger charge is -2.05. The third-order valence-electron chi connectivity index (χ3n) is 2.21. The zero-order chi connectivity index (χ0) is 13.1. The molecule has 18 heavy (non-hydrogen) atoms. The molecule has 0 heterocycles. The van der Waals surface area contributed by atoms with Gasteiger partial charge in [-0.1, -0.05) is 29.4 Å². The van der Waals surface area contributed by atoms with Crippen LogP contribution >= 0.6 is 23.4 Å². The Hall–Kier alpha value is -1.39. The zero-order valence-electron chi connectivity index (χ0n) is 8.99. The number of aldehydes is 1. The molecule has 0 bridgehead atoms. The van der Waals surface area contributed by atoms with Crippen molar-refractivity contribution in [3.8, 4) is 0 Å². The van der Waals surface area contributed by atoms with Crippen molar-refractivity contribution >= 4 is 29.6 Å². The van der Waals surface area contributed by atoms with Gasteiger partial charge in [0.15, 0.2) is 0 Å². The molecule has 2 rings (SSSR count). The van der Waals surface area contributed by atoms with Gasteiger partial charge in [0, 0.05) is 21.4 Å². The molecule has 1 nitrogen and oxygen atoms in total. The van der Waals surface area contributed by atoms with Crippen LogP contribution in [0.2, 0.25) is 5.02 Å². The summed E-state index contributed by atoms with van der Waals surface area (Å²) in [6, 6.07) is 8.05. The van der Waals surface area contributed by atoms with Crippen LogP contribution in [0.4, 0.5) is 8.78 Å². The molecule has 0 spiro atoms. The first-order chi connectivity index (χ1) is 8.60. The van der Waals surface area contributed by atoms with Crippen LogP contribution in [0.3, 0.4) is 0 Å². The Kier molecular flexibility index (Phi) is 3.99. The van der Waals surface area contributed by atoms with Gasteiger partial charge in [0.1, 0.15) is 17.9 Å². The van der Waals surface area contributed by atoms with E-state index in [-0.39, 0.29) is 4.90 Å². The maximum Gasteiger partial charge on any atom is 0.150 e. The SMILES string of the molecule is O=Cc1ccc(Sc2ccc(F)cc2F)c(Cl)c1. The molecular weight excluding hydrogens is 278 g/mol. The Labute approximate surface area is 112 Å². The summed E-state index contributed by atoms with van der Waals surface area (Å²) in [5.74, 6) is -1.27. The van der Waals surface area contributed by atoms with Gasteiger partial charge in [-0.2, -0.15) is 0 Å². The first kappa shape index (κ1) is 13.1. The second-order valence-corrected chi connectivity index (χ2v) is 4.98. The van der Waals surface area contributed by atoms with Crippen molar-refractivity contribution in [1.29, 1.82) is 0 Å². The number of hydrogen-bond acceptors (Lipinski definition) is 2. The topological polar surface area (TPSA) is 17.1 Å². The summed E-state index contributed by atoms with van der Waals surface area (Å²) in [5, 5.41) is 0.355. The average Bonchev–Trinajstić information content (AvgIpc) is 2.34. The monoisotopic (exact) mass is 284 g/mol. The van der Waals surface area contributed by atoms with Crippen LogP contribution in [-0.4, -0.2) is 6.29 Å². The summed E-state index contributed by atoms with van der Waals surface area (Å²) in [5.41, 5.74) is 0.448. The van der Waals surface area contributed by atoms with Crippen molar-refractivity contribution in [3.63, 3.8) is 0 Å². The average molecular weight is 285 g/mol. The molecule has 0 aliphatic rings. The number of halogens is 3. The first-order valence-electron chi connectivity index (χ1n) is 4.98. The Morgan fingerprint density at radius 2 is 1.78 bits per heavy atom. The molecule has 0 saturated heterocycles. The van der Waals surface area contributed by atoms with E-state index in [0.29, 0.717) is 21.8 Å². The molecule has 92 valence electrons. The molecule has 0 saturated carbocycles. The van der Waals surface area contributed by atoms with Gasteiger partial charge in [-0.3, -0.25) is 4.79 Å². The summed E-state index contributed by atoms with van der Waals surface area (Å²) in [4.78, 5) is 11.4. The van der Waals surface area contributed by atoms with Crippen LogP contribution < -0.4 is 0 Å². The molecular formula is C13H7ClF2OS. The van der Waals surface area contributed by atoms with E-state index in [1.165, 1.54) is 18.2 Å². The number of carbonyl (C=O) groups is 1. The van der Waals surface area contributed by atoms with Gasteiger partial charge in [-0.25, -0.2) is 8.78 Å². The Balaban J connectivity index is 2.31. The second kappa shape index (κ2) is 5.50. The van der Waals surface area contributed by atoms with Crippen LogP contribution in [0.5, 0.6) is 0 Å². The Morgan fingerprint density at radius 3 is 2.39 bits per heavy atom. The summed E-state index contributed by atoms with van der Waals surface area (Å²) >= 11 is 7.04. The third kappa shape index (κ3) is 2.89. The summed E-state index contributed by atoms with van der Waals surface area (Å²) < 4.78 is 26.2. The van der Waals surface area contributed by atoms with E-state index in [2.05, 4.69) is 0 Å². The van der Waals surface area contributed by atoms with Gasteiger partial charge in [0.25, 0.3) is 0 Å². The van der Waals surface area contributed by atoms with Crippen molar-refractivity contribution < 1.29 is 13.6 Å². The molecule has 5 heteroatoms. The number of rotatable bonds is 3. The van der Waals surface area contributed by atoms with Gasteiger partial charge >= 0.3 is 0 Å². The summed E-state index contributed by atoms with van der Waals surface area (Å²) in [7, 11) is 0. The normalized spacial score (nSPS) is 10.4. The molecule has 2 aromatic carbocycles. The largest absolute Gasteiger partial charge is 0.298 e. The van der Waals surface area contributed by atoms with E-state index >= 15 is 0 Å². The fraction of sp³-hybridized carbons (Fsp3) is 0. The second-order valence-electron chi connectivity index (χ2n) is 3.48. The summed E-state index contributed by atoms with van der Waals surface area (Å²) in [6.45, 7) is 0. The van der Waals surface area contributed by atoms with Crippen molar-refractivity contribution in [2.24, 2.45) is 0 Å². The van der Waals surface area contributed by atoms with Gasteiger partial charge < -0.3 is 0 Å². The zero-order valence-corrected chi connectivity index (χ0v) is 10.6. The number of benzene rings is 2. The minimum atomic E-state index is -0.643. The molecule has 0 radical (unpaired) electrons. The molecule has 0 atom stereocenters. The number of hydrogen-bond donors (Lipinski definition) is 0. The Morgan fingerprint density at radius 1 is 1.06 bits per heavy atom. The van der Waals surface area contributed by atoms with E-state index in [1.54, 1.807) is 12.1 Å². The highest BCUT2D eigenvalue weighted by atomic mass is 35.5. The molecule has 0 fully saturated rings. The molecule has 0 aliphatic heterocycles. The van der Waals surface area contributed by atoms with Crippen LogP contribution in [-0.2, 0) is 0 Å². The van der Waals surface area contributed by atoms with Crippen LogP contribution in [0.1, 0.15) is 10.4 Å². The maximum absolute atomic E-state index is 13.5. The molecule has 0 aliphatic carbocycles. The molecule has 0 unspecified atom stereocenters. The molecule has 0 aromatic heterocycles. The van der Waals surface area contributed by atoms with Gasteiger partial charge in [0.05, 0.1) is 5.02 Å². The fourth-order valence-electron chi connectivity index (χ4n) is 1.35. The van der Waals surface area contributed by atoms with E-state index in [0.717, 1.165) is 17.8 Å². The lowest BCUT2D eigenvalue weighted by Crippen LogP contribution is -1.85. The highest BCUT2D eigenvalue weighted by Crippen LogP contribution is 2.35. The van der Waals surface area contributed by atoms with E-state index < -0.39 is 11.6 Å². The predicted molar refractivity (Wildman–Crippen MR) is 67.3 cm³/mol. The highest BCUT2D eigenvalue weighted by molar-refractivity contribution is 7.99. The first-order valence-corrected chi connectivity index (χ1v) is 6.17. The van der Waals surface area contributed by atoms with E-state index in [9.17, 15) is 13.6 Å². The van der Waals surface area contributed by atoms with Crippen molar-refractivity contribution in [1.82, 2.24) is 0 Å². The van der Waals surface area contributed by atoms with Crippen LogP contribution in [0.25, 0.3) is 0 Å². The minimum Gasteiger partial charge on any atom is -0.298 e. The standard InChI is InChI=1S/C13H7ClF2OS/c14-10-5-8(7-17)1-3-12(10)18-13-4-2-9(15)6-11(13)16/h1-7H. The highest BCUT2D eigenvalue weighted by Gasteiger charge is 2.08. The molecule has 2 aromatic rings. The minimum absolute atomic E-state index is 0.275. The van der Waals surface area contributed by atoms with Gasteiger partial charge in [0.2, 0.25) is 0 Å². The molecule has 0 N–H and O–H groups in total. The smallest absolute Gasteiger partial charge is 0.150 e. The lowest BCUT2D eigenvalue weighted by molar-refractivity contribution is 0.112. The quantitative estimate of drug-likeness (QED) is 0.767. The third-order valence-corrected chi connectivity index (χ3v) is 3.76. The predicted octanol–water partition coefficient (Wildman–Crippen LogP) is 4.58. The Bertz CT molecular complexity index is 602. The number of carbonyl (C=O) groups excluding carboxylic acids is 1. The van der Waals surface area contributed by atoms with Gasteiger partial charge in [-0.15, -0.1) is 0 Å². The van der Waals surface area contributed by atoms with Crippen LogP contribution in [0.15, 0.2) is 46.2 Å². The van der Waals surface area contributed by atoms with Gasteiger partial charge in [-0.05, 0) is 24.3 Å². The van der Waals surface area contributed by atoms with Crippen molar-refractivity contribution in [2.45, 2.75) is 9.79 Å².